The lowest BCUT2D eigenvalue weighted by atomic mass is 10.2. The summed E-state index contributed by atoms with van der Waals surface area (Å²) in [6, 6.07) is 12.5. The lowest BCUT2D eigenvalue weighted by Crippen LogP contribution is -1.94. The topological polar surface area (TPSA) is 85.4 Å². The smallest absolute Gasteiger partial charge is 0.269 e. The van der Waals surface area contributed by atoms with Crippen molar-refractivity contribution < 1.29 is 14.4 Å². The third-order valence-corrected chi connectivity index (χ3v) is 2.59. The van der Waals surface area contributed by atoms with Gasteiger partial charge in [0.2, 0.25) is 0 Å². The molecule has 0 bridgehead atoms. The van der Waals surface area contributed by atoms with Crippen LogP contribution in [0.1, 0.15) is 5.56 Å². The molecule has 0 unspecified atom stereocenters. The molecule has 2 rings (SSSR count). The van der Waals surface area contributed by atoms with Gasteiger partial charge in [-0.25, -0.2) is 0 Å². The van der Waals surface area contributed by atoms with Gasteiger partial charge in [-0.3, -0.25) is 10.1 Å². The van der Waals surface area contributed by atoms with Gasteiger partial charge >= 0.3 is 0 Å². The van der Waals surface area contributed by atoms with Gasteiger partial charge in [-0.05, 0) is 24.3 Å². The Morgan fingerprint density at radius 1 is 1.20 bits per heavy atom. The second-order valence-corrected chi connectivity index (χ2v) is 3.80. The monoisotopic (exact) mass is 270 g/mol. The van der Waals surface area contributed by atoms with Gasteiger partial charge in [0, 0.05) is 12.1 Å². The van der Waals surface area contributed by atoms with Crippen LogP contribution in [0.25, 0.3) is 0 Å². The first-order chi connectivity index (χ1) is 9.65. The van der Waals surface area contributed by atoms with Crippen LogP contribution in [0.3, 0.4) is 0 Å². The lowest BCUT2D eigenvalue weighted by Gasteiger charge is -2.11. The standard InChI is InChI=1S/C14H10N2O4/c1-19-13-4-2-3-10(9-15)14(13)20-12-7-5-11(6-8-12)16(17)18/h2-8H,1H3. The minimum Gasteiger partial charge on any atom is -0.493 e. The summed E-state index contributed by atoms with van der Waals surface area (Å²) in [4.78, 5) is 10.1. The quantitative estimate of drug-likeness (QED) is 0.628. The Labute approximate surface area is 114 Å². The van der Waals surface area contributed by atoms with Crippen molar-refractivity contribution in [2.75, 3.05) is 7.11 Å². The molecule has 0 spiro atoms. The van der Waals surface area contributed by atoms with Crippen LogP contribution in [0.15, 0.2) is 42.5 Å². The molecule has 0 radical (unpaired) electrons. The second-order valence-electron chi connectivity index (χ2n) is 3.80. The highest BCUT2D eigenvalue weighted by Crippen LogP contribution is 2.34. The largest absolute Gasteiger partial charge is 0.493 e. The highest BCUT2D eigenvalue weighted by Gasteiger charge is 2.12. The molecule has 0 aliphatic carbocycles. The molecule has 2 aromatic carbocycles. The zero-order valence-corrected chi connectivity index (χ0v) is 10.6. The van der Waals surface area contributed by atoms with E-state index in [-0.39, 0.29) is 11.4 Å². The fourth-order valence-corrected chi connectivity index (χ4v) is 1.62. The van der Waals surface area contributed by atoms with Crippen molar-refractivity contribution in [1.82, 2.24) is 0 Å². The van der Waals surface area contributed by atoms with Crippen molar-refractivity contribution in [2.24, 2.45) is 0 Å². The van der Waals surface area contributed by atoms with Crippen LogP contribution in [0.4, 0.5) is 5.69 Å². The molecule has 100 valence electrons. The summed E-state index contributed by atoms with van der Waals surface area (Å²) in [6.45, 7) is 0. The van der Waals surface area contributed by atoms with E-state index in [2.05, 4.69) is 0 Å². The van der Waals surface area contributed by atoms with Gasteiger partial charge in [0.25, 0.3) is 5.69 Å². The number of hydrogen-bond acceptors (Lipinski definition) is 5. The number of nitro benzene ring substituents is 1. The van der Waals surface area contributed by atoms with Crippen molar-refractivity contribution in [2.45, 2.75) is 0 Å². The summed E-state index contributed by atoms with van der Waals surface area (Å²) < 4.78 is 10.7. The van der Waals surface area contributed by atoms with Crippen LogP contribution in [-0.2, 0) is 0 Å². The molecule has 0 saturated heterocycles. The van der Waals surface area contributed by atoms with Gasteiger partial charge in [-0.2, -0.15) is 5.26 Å². The van der Waals surface area contributed by atoms with Gasteiger partial charge in [-0.15, -0.1) is 0 Å². The molecular weight excluding hydrogens is 260 g/mol. The van der Waals surface area contributed by atoms with E-state index in [1.54, 1.807) is 18.2 Å². The molecule has 0 saturated carbocycles. The average Bonchev–Trinajstić information content (AvgIpc) is 2.48. The molecule has 6 heteroatoms. The molecule has 0 heterocycles. The number of ether oxygens (including phenoxy) is 2. The first-order valence-electron chi connectivity index (χ1n) is 5.65. The van der Waals surface area contributed by atoms with Crippen molar-refractivity contribution in [3.05, 3.63) is 58.1 Å². The predicted molar refractivity (Wildman–Crippen MR) is 70.9 cm³/mol. The minimum atomic E-state index is -0.492. The van der Waals surface area contributed by atoms with Crippen LogP contribution in [-0.4, -0.2) is 12.0 Å². The summed E-state index contributed by atoms with van der Waals surface area (Å²) in [6.07, 6.45) is 0. The summed E-state index contributed by atoms with van der Waals surface area (Å²) in [5.74, 6) is 1.09. The summed E-state index contributed by atoms with van der Waals surface area (Å²) in [5, 5.41) is 19.6. The number of rotatable bonds is 4. The lowest BCUT2D eigenvalue weighted by molar-refractivity contribution is -0.384. The molecule has 2 aromatic rings. The number of hydrogen-bond donors (Lipinski definition) is 0. The highest BCUT2D eigenvalue weighted by molar-refractivity contribution is 5.54. The van der Waals surface area contributed by atoms with Gasteiger partial charge < -0.3 is 9.47 Å². The number of nitriles is 1. The summed E-state index contributed by atoms with van der Waals surface area (Å²) in [5.41, 5.74) is 0.292. The molecule has 0 amide bonds. The van der Waals surface area contributed by atoms with Crippen molar-refractivity contribution in [1.29, 1.82) is 5.26 Å². The van der Waals surface area contributed by atoms with Crippen molar-refractivity contribution >= 4 is 5.69 Å². The third kappa shape index (κ3) is 2.67. The average molecular weight is 270 g/mol. The zero-order valence-electron chi connectivity index (χ0n) is 10.6. The Morgan fingerprint density at radius 2 is 1.90 bits per heavy atom. The Bertz CT molecular complexity index is 675. The fourth-order valence-electron chi connectivity index (χ4n) is 1.62. The van der Waals surface area contributed by atoms with Gasteiger partial charge in [0.1, 0.15) is 11.8 Å². The van der Waals surface area contributed by atoms with E-state index in [4.69, 9.17) is 14.7 Å². The summed E-state index contributed by atoms with van der Waals surface area (Å²) >= 11 is 0. The Balaban J connectivity index is 2.34. The molecule has 0 aliphatic rings. The van der Waals surface area contributed by atoms with E-state index in [0.717, 1.165) is 0 Å². The number of benzene rings is 2. The maximum absolute atomic E-state index is 10.6. The van der Waals surface area contributed by atoms with E-state index >= 15 is 0 Å². The molecule has 6 nitrogen and oxygen atoms in total. The van der Waals surface area contributed by atoms with Crippen LogP contribution in [0.2, 0.25) is 0 Å². The minimum absolute atomic E-state index is 0.0297. The summed E-state index contributed by atoms with van der Waals surface area (Å²) in [7, 11) is 1.47. The van der Waals surface area contributed by atoms with Crippen molar-refractivity contribution in [3.8, 4) is 23.3 Å². The molecule has 0 fully saturated rings. The van der Waals surface area contributed by atoms with E-state index in [1.807, 2.05) is 6.07 Å². The Morgan fingerprint density at radius 3 is 2.45 bits per heavy atom. The Hall–Kier alpha value is -3.07. The van der Waals surface area contributed by atoms with Crippen LogP contribution in [0, 0.1) is 21.4 Å². The maximum Gasteiger partial charge on any atom is 0.269 e. The molecule has 0 aliphatic heterocycles. The molecule has 0 N–H and O–H groups in total. The Kier molecular flexibility index (Phi) is 3.82. The van der Waals surface area contributed by atoms with Crippen LogP contribution >= 0.6 is 0 Å². The molecule has 0 aromatic heterocycles. The zero-order chi connectivity index (χ0) is 14.5. The molecule has 0 atom stereocenters. The number of non-ortho nitro benzene ring substituents is 1. The first kappa shape index (κ1) is 13.4. The molecule has 20 heavy (non-hydrogen) atoms. The fraction of sp³-hybridized carbons (Fsp3) is 0.0714. The number of nitro groups is 1. The predicted octanol–water partition coefficient (Wildman–Crippen LogP) is 3.27. The van der Waals surface area contributed by atoms with Gasteiger partial charge in [0.05, 0.1) is 17.6 Å². The van der Waals surface area contributed by atoms with E-state index < -0.39 is 4.92 Å². The van der Waals surface area contributed by atoms with E-state index in [9.17, 15) is 10.1 Å². The maximum atomic E-state index is 10.6. The van der Waals surface area contributed by atoms with Crippen LogP contribution in [0.5, 0.6) is 17.2 Å². The second kappa shape index (κ2) is 5.71. The number of methoxy groups -OCH3 is 1. The normalized spacial score (nSPS) is 9.60. The number of nitrogens with zero attached hydrogens (tertiary/aromatic N) is 2. The highest BCUT2D eigenvalue weighted by atomic mass is 16.6. The number of para-hydroxylation sites is 1. The molecular formula is C14H10N2O4. The SMILES string of the molecule is COc1cccc(C#N)c1Oc1ccc([N+](=O)[O-])cc1. The van der Waals surface area contributed by atoms with E-state index in [1.165, 1.54) is 31.4 Å². The first-order valence-corrected chi connectivity index (χ1v) is 5.65. The van der Waals surface area contributed by atoms with Crippen LogP contribution < -0.4 is 9.47 Å². The van der Waals surface area contributed by atoms with Gasteiger partial charge in [0.15, 0.2) is 11.5 Å². The van der Waals surface area contributed by atoms with Crippen molar-refractivity contribution in [3.63, 3.8) is 0 Å². The third-order valence-electron chi connectivity index (χ3n) is 2.59. The van der Waals surface area contributed by atoms with E-state index in [0.29, 0.717) is 17.1 Å². The van der Waals surface area contributed by atoms with Gasteiger partial charge in [-0.1, -0.05) is 6.07 Å².